The minimum atomic E-state index is 0.643. The summed E-state index contributed by atoms with van der Waals surface area (Å²) in [5.74, 6) is 1.95. The molecule has 5 heteroatoms. The Morgan fingerprint density at radius 1 is 0.396 bits per heavy atom. The smallest absolute Gasteiger partial charge is 0.164 e. The van der Waals surface area contributed by atoms with Crippen molar-refractivity contribution in [3.63, 3.8) is 0 Å². The Balaban J connectivity index is 1.14. The van der Waals surface area contributed by atoms with Crippen LogP contribution >= 0.6 is 11.3 Å². The van der Waals surface area contributed by atoms with E-state index in [1.165, 1.54) is 20.2 Å². The van der Waals surface area contributed by atoms with Crippen molar-refractivity contribution < 1.29 is 4.42 Å². The first-order valence-electron chi connectivity index (χ1n) is 15.9. The SMILES string of the molecule is c1ccc(-c2nc(-c3ccc4ccc(-c5cccc6oc7ccccc7c56)cc4c3)nc(-c3ccc4sc5ccccc5c4c3)n2)cc1. The lowest BCUT2D eigenvalue weighted by atomic mass is 9.96. The summed E-state index contributed by atoms with van der Waals surface area (Å²) in [7, 11) is 0. The molecule has 0 atom stereocenters. The average Bonchev–Trinajstić information content (AvgIpc) is 3.73. The summed E-state index contributed by atoms with van der Waals surface area (Å²) >= 11 is 1.81. The van der Waals surface area contributed by atoms with Gasteiger partial charge in [-0.3, -0.25) is 0 Å². The second-order valence-corrected chi connectivity index (χ2v) is 13.1. The lowest BCUT2D eigenvalue weighted by Gasteiger charge is -2.10. The Morgan fingerprint density at radius 3 is 1.88 bits per heavy atom. The number of hydrogen-bond donors (Lipinski definition) is 0. The Labute approximate surface area is 279 Å². The van der Waals surface area contributed by atoms with Crippen molar-refractivity contribution in [1.29, 1.82) is 0 Å². The van der Waals surface area contributed by atoms with Crippen LogP contribution < -0.4 is 0 Å². The zero-order valence-corrected chi connectivity index (χ0v) is 26.4. The molecule has 3 aromatic heterocycles. The van der Waals surface area contributed by atoms with Gasteiger partial charge in [0.15, 0.2) is 17.5 Å². The molecule has 3 heterocycles. The number of aromatic nitrogens is 3. The van der Waals surface area contributed by atoms with E-state index < -0.39 is 0 Å². The van der Waals surface area contributed by atoms with Gasteiger partial charge in [-0.25, -0.2) is 15.0 Å². The molecule has 0 aliphatic heterocycles. The number of thiophene rings is 1. The first-order chi connectivity index (χ1) is 23.7. The summed E-state index contributed by atoms with van der Waals surface area (Å²) in [5, 5.41) is 6.99. The largest absolute Gasteiger partial charge is 0.456 e. The monoisotopic (exact) mass is 631 g/mol. The molecule has 0 unspecified atom stereocenters. The van der Waals surface area contributed by atoms with Crippen LogP contribution in [0, 0.1) is 0 Å². The van der Waals surface area contributed by atoms with E-state index in [0.717, 1.165) is 60.5 Å². The molecule has 0 saturated heterocycles. The fourth-order valence-electron chi connectivity index (χ4n) is 6.78. The van der Waals surface area contributed by atoms with Gasteiger partial charge in [-0.15, -0.1) is 11.3 Å². The molecule has 0 radical (unpaired) electrons. The average molecular weight is 632 g/mol. The van der Waals surface area contributed by atoms with Crippen molar-refractivity contribution >= 4 is 64.2 Å². The van der Waals surface area contributed by atoms with Gasteiger partial charge in [0.25, 0.3) is 0 Å². The highest BCUT2D eigenvalue weighted by atomic mass is 32.1. The van der Waals surface area contributed by atoms with Gasteiger partial charge >= 0.3 is 0 Å². The third kappa shape index (κ3) is 4.40. The number of hydrogen-bond acceptors (Lipinski definition) is 5. The van der Waals surface area contributed by atoms with Crippen molar-refractivity contribution in [3.05, 3.63) is 152 Å². The predicted octanol–water partition coefficient (Wildman–Crippen LogP) is 12.0. The second kappa shape index (κ2) is 10.7. The second-order valence-electron chi connectivity index (χ2n) is 12.0. The lowest BCUT2D eigenvalue weighted by molar-refractivity contribution is 0.669. The van der Waals surface area contributed by atoms with E-state index in [1.807, 2.05) is 59.9 Å². The molecule has 0 bridgehead atoms. The van der Waals surface area contributed by atoms with E-state index in [2.05, 4.69) is 103 Å². The summed E-state index contributed by atoms with van der Waals surface area (Å²) in [4.78, 5) is 15.1. The Morgan fingerprint density at radius 2 is 1.02 bits per heavy atom. The Bertz CT molecular complexity index is 2850. The van der Waals surface area contributed by atoms with Gasteiger partial charge in [0.1, 0.15) is 11.2 Å². The van der Waals surface area contributed by atoms with Crippen molar-refractivity contribution in [2.75, 3.05) is 0 Å². The zero-order chi connectivity index (χ0) is 31.6. The summed E-state index contributed by atoms with van der Waals surface area (Å²) in [6.45, 7) is 0. The molecule has 4 nitrogen and oxygen atoms in total. The summed E-state index contributed by atoms with van der Waals surface area (Å²) in [5.41, 5.74) is 6.93. The van der Waals surface area contributed by atoms with Gasteiger partial charge in [0.2, 0.25) is 0 Å². The molecule has 10 rings (SSSR count). The number of rotatable bonds is 4. The van der Waals surface area contributed by atoms with Crippen molar-refractivity contribution in [2.45, 2.75) is 0 Å². The fraction of sp³-hybridized carbons (Fsp3) is 0. The lowest BCUT2D eigenvalue weighted by Crippen LogP contribution is -2.00. The van der Waals surface area contributed by atoms with Gasteiger partial charge in [-0.05, 0) is 70.4 Å². The molecule has 7 aromatic carbocycles. The minimum Gasteiger partial charge on any atom is -0.456 e. The standard InChI is InChI=1S/C43H25N3OS/c1-2-9-27(10-3-1)41-44-42(46-43(45-41)30-21-22-39-35(25-30)33-11-5-7-16-38(33)48-39)29-20-18-26-17-19-28(23-31(26)24-29)32-13-8-15-37-40(32)34-12-4-6-14-36(34)47-37/h1-25H. The Hall–Kier alpha value is -6.17. The summed E-state index contributed by atoms with van der Waals surface area (Å²) < 4.78 is 8.72. The van der Waals surface area contributed by atoms with Crippen LogP contribution in [0.15, 0.2) is 156 Å². The van der Waals surface area contributed by atoms with Gasteiger partial charge in [0, 0.05) is 47.6 Å². The molecule has 48 heavy (non-hydrogen) atoms. The Kier molecular flexibility index (Phi) is 6.01. The van der Waals surface area contributed by atoms with Crippen LogP contribution in [0.4, 0.5) is 0 Å². The third-order valence-corrected chi connectivity index (χ3v) is 10.3. The van der Waals surface area contributed by atoms with Crippen molar-refractivity contribution in [1.82, 2.24) is 15.0 Å². The molecule has 0 fully saturated rings. The van der Waals surface area contributed by atoms with Crippen LogP contribution in [-0.2, 0) is 0 Å². The number of para-hydroxylation sites is 1. The topological polar surface area (TPSA) is 51.8 Å². The highest BCUT2D eigenvalue weighted by Gasteiger charge is 2.16. The fourth-order valence-corrected chi connectivity index (χ4v) is 7.87. The molecule has 0 N–H and O–H groups in total. The van der Waals surface area contributed by atoms with Gasteiger partial charge in [-0.1, -0.05) is 103 Å². The molecular formula is C43H25N3OS. The third-order valence-electron chi connectivity index (χ3n) is 9.11. The van der Waals surface area contributed by atoms with Gasteiger partial charge < -0.3 is 4.42 Å². The molecular weight excluding hydrogens is 607 g/mol. The van der Waals surface area contributed by atoms with E-state index in [9.17, 15) is 0 Å². The van der Waals surface area contributed by atoms with E-state index >= 15 is 0 Å². The van der Waals surface area contributed by atoms with Crippen molar-refractivity contribution in [3.8, 4) is 45.3 Å². The minimum absolute atomic E-state index is 0.643. The molecule has 0 spiro atoms. The van der Waals surface area contributed by atoms with Crippen LogP contribution in [0.1, 0.15) is 0 Å². The van der Waals surface area contributed by atoms with Crippen LogP contribution in [-0.4, -0.2) is 15.0 Å². The first kappa shape index (κ1) is 27.0. The normalized spacial score (nSPS) is 11.8. The maximum atomic E-state index is 6.19. The van der Waals surface area contributed by atoms with Gasteiger partial charge in [0.05, 0.1) is 0 Å². The number of benzene rings is 7. The van der Waals surface area contributed by atoms with E-state index in [-0.39, 0.29) is 0 Å². The molecule has 0 amide bonds. The summed E-state index contributed by atoms with van der Waals surface area (Å²) in [6, 6.07) is 52.8. The molecule has 224 valence electrons. The summed E-state index contributed by atoms with van der Waals surface area (Å²) in [6.07, 6.45) is 0. The van der Waals surface area contributed by atoms with E-state index in [4.69, 9.17) is 19.4 Å². The van der Waals surface area contributed by atoms with Gasteiger partial charge in [-0.2, -0.15) is 0 Å². The highest BCUT2D eigenvalue weighted by Crippen LogP contribution is 2.39. The molecule has 0 aliphatic carbocycles. The maximum Gasteiger partial charge on any atom is 0.164 e. The quantitative estimate of drug-likeness (QED) is 0.194. The van der Waals surface area contributed by atoms with E-state index in [1.54, 1.807) is 0 Å². The highest BCUT2D eigenvalue weighted by molar-refractivity contribution is 7.25. The number of fused-ring (bicyclic) bond motifs is 7. The molecule has 0 aliphatic rings. The van der Waals surface area contributed by atoms with Crippen LogP contribution in [0.3, 0.4) is 0 Å². The van der Waals surface area contributed by atoms with E-state index in [0.29, 0.717) is 17.5 Å². The number of nitrogens with zero attached hydrogens (tertiary/aromatic N) is 3. The van der Waals surface area contributed by atoms with Crippen molar-refractivity contribution in [2.24, 2.45) is 0 Å². The van der Waals surface area contributed by atoms with Crippen LogP contribution in [0.5, 0.6) is 0 Å². The first-order valence-corrected chi connectivity index (χ1v) is 16.7. The predicted molar refractivity (Wildman–Crippen MR) is 199 cm³/mol. The number of furan rings is 1. The molecule has 10 aromatic rings. The van der Waals surface area contributed by atoms with Crippen LogP contribution in [0.2, 0.25) is 0 Å². The molecule has 0 saturated carbocycles. The van der Waals surface area contributed by atoms with Crippen LogP contribution in [0.25, 0.3) is 98.2 Å². The zero-order valence-electron chi connectivity index (χ0n) is 25.6. The maximum absolute atomic E-state index is 6.19.